The first kappa shape index (κ1) is 21.0. The normalized spacial score (nSPS) is 12.6. The Hall–Kier alpha value is -3.25. The molecule has 10 nitrogen and oxygen atoms in total. The summed E-state index contributed by atoms with van der Waals surface area (Å²) >= 11 is 4.56. The van der Waals surface area contributed by atoms with Crippen LogP contribution in [0.15, 0.2) is 57.2 Å². The molecule has 1 aromatic heterocycles. The van der Waals surface area contributed by atoms with Crippen LogP contribution < -0.4 is 26.1 Å². The Labute approximate surface area is 190 Å². The largest absolute Gasteiger partial charge is 0.454 e. The summed E-state index contributed by atoms with van der Waals surface area (Å²) < 4.78 is 12.7. The number of hydrogen-bond acceptors (Lipinski definition) is 9. The van der Waals surface area contributed by atoms with E-state index < -0.39 is 0 Å². The Morgan fingerprint density at radius 1 is 1.26 bits per heavy atom. The zero-order valence-corrected chi connectivity index (χ0v) is 18.7. The zero-order chi connectivity index (χ0) is 21.8. The highest BCUT2D eigenvalue weighted by molar-refractivity contribution is 9.10. The van der Waals surface area contributed by atoms with E-state index in [0.717, 1.165) is 21.8 Å². The molecule has 1 amide bonds. The number of fused-ring (bicyclic) bond motifs is 1. The fourth-order valence-electron chi connectivity index (χ4n) is 2.65. The summed E-state index contributed by atoms with van der Waals surface area (Å²) in [6.07, 6.45) is 0. The summed E-state index contributed by atoms with van der Waals surface area (Å²) in [5.74, 6) is 7.58. The average molecular weight is 504 g/mol. The molecule has 0 fully saturated rings. The van der Waals surface area contributed by atoms with Gasteiger partial charge in [-0.3, -0.25) is 4.79 Å². The number of para-hydroxylation sites is 1. The number of carbonyl (C=O) groups excluding carboxylic acids is 1. The van der Waals surface area contributed by atoms with Crippen molar-refractivity contribution in [2.24, 2.45) is 5.10 Å². The lowest BCUT2D eigenvalue weighted by Gasteiger charge is -2.07. The second-order valence-corrected chi connectivity index (χ2v) is 8.17. The maximum Gasteiger partial charge on any atom is 0.264 e. The summed E-state index contributed by atoms with van der Waals surface area (Å²) in [4.78, 5) is 12.2. The second kappa shape index (κ2) is 9.27. The molecule has 12 heteroatoms. The molecule has 3 aromatic rings. The second-order valence-electron chi connectivity index (χ2n) is 6.37. The van der Waals surface area contributed by atoms with E-state index in [1.807, 2.05) is 43.3 Å². The standard InChI is InChI=1S/C19H18BrN7O3S/c1-11(12-6-7-15-16(8-12)30-10-29-15)23-24-18-25-26-19(27(18)21)31-9-17(28)22-14-5-3-2-4-13(14)20/h2-8H,9-10,21H2,1H3,(H,22,28)(H,24,25)/b23-11+. The van der Waals surface area contributed by atoms with Crippen LogP contribution in [-0.2, 0) is 4.79 Å². The van der Waals surface area contributed by atoms with Crippen molar-refractivity contribution in [3.63, 3.8) is 0 Å². The number of anilines is 2. The van der Waals surface area contributed by atoms with Gasteiger partial charge in [-0.1, -0.05) is 23.9 Å². The van der Waals surface area contributed by atoms with Gasteiger partial charge in [0, 0.05) is 10.0 Å². The first-order valence-electron chi connectivity index (χ1n) is 9.09. The van der Waals surface area contributed by atoms with Crippen LogP contribution >= 0.6 is 27.7 Å². The van der Waals surface area contributed by atoms with Gasteiger partial charge >= 0.3 is 0 Å². The third-order valence-corrected chi connectivity index (χ3v) is 5.89. The van der Waals surface area contributed by atoms with E-state index in [1.165, 1.54) is 4.68 Å². The van der Waals surface area contributed by atoms with Crippen molar-refractivity contribution >= 4 is 50.9 Å². The molecule has 2 heterocycles. The molecule has 160 valence electrons. The number of nitrogens with two attached hydrogens (primary N) is 1. The highest BCUT2D eigenvalue weighted by Crippen LogP contribution is 2.32. The van der Waals surface area contributed by atoms with E-state index in [1.54, 1.807) is 6.07 Å². The van der Waals surface area contributed by atoms with Crippen molar-refractivity contribution in [2.45, 2.75) is 12.1 Å². The Morgan fingerprint density at radius 3 is 2.90 bits per heavy atom. The highest BCUT2D eigenvalue weighted by Gasteiger charge is 2.15. The van der Waals surface area contributed by atoms with Gasteiger partial charge < -0.3 is 20.6 Å². The van der Waals surface area contributed by atoms with E-state index in [0.29, 0.717) is 28.1 Å². The lowest BCUT2D eigenvalue weighted by atomic mass is 10.1. The molecular formula is C19H18BrN7O3S. The van der Waals surface area contributed by atoms with Crippen molar-refractivity contribution in [1.82, 2.24) is 14.9 Å². The fraction of sp³-hybridized carbons (Fsp3) is 0.158. The predicted octanol–water partition coefficient (Wildman–Crippen LogP) is 3.05. The molecule has 0 unspecified atom stereocenters. The molecule has 0 bridgehead atoms. The Kier molecular flexibility index (Phi) is 6.28. The number of benzene rings is 2. The number of carbonyl (C=O) groups is 1. The third kappa shape index (κ3) is 4.91. The van der Waals surface area contributed by atoms with E-state index in [2.05, 4.69) is 42.0 Å². The minimum Gasteiger partial charge on any atom is -0.454 e. The number of nitrogens with zero attached hydrogens (tertiary/aromatic N) is 4. The molecule has 1 aliphatic rings. The van der Waals surface area contributed by atoms with Crippen LogP contribution in [0.25, 0.3) is 0 Å². The van der Waals surface area contributed by atoms with Crippen molar-refractivity contribution in [3.8, 4) is 11.5 Å². The minimum absolute atomic E-state index is 0.121. The summed E-state index contributed by atoms with van der Waals surface area (Å²) in [6.45, 7) is 2.05. The SMILES string of the molecule is C/C(=N\Nc1nnc(SCC(=O)Nc2ccccc2Br)n1N)c1ccc2c(c1)OCO2. The smallest absolute Gasteiger partial charge is 0.264 e. The molecule has 2 aromatic carbocycles. The molecule has 0 spiro atoms. The molecule has 4 N–H and O–H groups in total. The molecule has 4 rings (SSSR count). The summed E-state index contributed by atoms with van der Waals surface area (Å²) in [5.41, 5.74) is 5.04. The van der Waals surface area contributed by atoms with Gasteiger partial charge in [-0.05, 0) is 53.2 Å². The number of nitrogens with one attached hydrogen (secondary N) is 2. The maximum atomic E-state index is 12.2. The number of amides is 1. The number of rotatable bonds is 7. The zero-order valence-electron chi connectivity index (χ0n) is 16.3. The van der Waals surface area contributed by atoms with Crippen LogP contribution in [0, 0.1) is 0 Å². The van der Waals surface area contributed by atoms with Crippen LogP contribution in [0.5, 0.6) is 11.5 Å². The van der Waals surface area contributed by atoms with Crippen LogP contribution in [0.4, 0.5) is 11.6 Å². The Bertz CT molecular complexity index is 1150. The maximum absolute atomic E-state index is 12.2. The van der Waals surface area contributed by atoms with E-state index >= 15 is 0 Å². The Balaban J connectivity index is 1.35. The molecule has 0 saturated heterocycles. The summed E-state index contributed by atoms with van der Waals surface area (Å²) in [5, 5.41) is 15.5. The fourth-order valence-corrected chi connectivity index (χ4v) is 3.69. The van der Waals surface area contributed by atoms with Crippen molar-refractivity contribution in [3.05, 3.63) is 52.5 Å². The minimum atomic E-state index is -0.189. The lowest BCUT2D eigenvalue weighted by Crippen LogP contribution is -2.17. The third-order valence-electron chi connectivity index (χ3n) is 4.26. The first-order chi connectivity index (χ1) is 15.0. The molecule has 0 radical (unpaired) electrons. The summed E-state index contributed by atoms with van der Waals surface area (Å²) in [7, 11) is 0. The molecular weight excluding hydrogens is 486 g/mol. The molecule has 31 heavy (non-hydrogen) atoms. The van der Waals surface area contributed by atoms with Gasteiger partial charge in [0.1, 0.15) is 0 Å². The number of hydrazone groups is 1. The Morgan fingerprint density at radius 2 is 2.06 bits per heavy atom. The van der Waals surface area contributed by atoms with Crippen LogP contribution in [-0.4, -0.2) is 39.0 Å². The number of thioether (sulfide) groups is 1. The van der Waals surface area contributed by atoms with Gasteiger partial charge in [-0.15, -0.1) is 10.2 Å². The topological polar surface area (TPSA) is 129 Å². The molecule has 0 aliphatic carbocycles. The number of aromatic nitrogens is 3. The predicted molar refractivity (Wildman–Crippen MR) is 122 cm³/mol. The molecule has 0 atom stereocenters. The highest BCUT2D eigenvalue weighted by atomic mass is 79.9. The van der Waals surface area contributed by atoms with E-state index in [4.69, 9.17) is 15.3 Å². The van der Waals surface area contributed by atoms with Crippen LogP contribution in [0.1, 0.15) is 12.5 Å². The van der Waals surface area contributed by atoms with Crippen LogP contribution in [0.3, 0.4) is 0 Å². The quantitative estimate of drug-likeness (QED) is 0.194. The number of nitrogen functional groups attached to an aromatic ring is 1. The number of hydrogen-bond donors (Lipinski definition) is 3. The molecule has 1 aliphatic heterocycles. The first-order valence-corrected chi connectivity index (χ1v) is 10.9. The average Bonchev–Trinajstić information content (AvgIpc) is 3.38. The number of halogens is 1. The van der Waals surface area contributed by atoms with Gasteiger partial charge in [0.15, 0.2) is 11.5 Å². The monoisotopic (exact) mass is 503 g/mol. The van der Waals surface area contributed by atoms with Crippen molar-refractivity contribution in [1.29, 1.82) is 0 Å². The van der Waals surface area contributed by atoms with E-state index in [9.17, 15) is 4.79 Å². The van der Waals surface area contributed by atoms with Gasteiger partial charge in [-0.25, -0.2) is 10.1 Å². The summed E-state index contributed by atoms with van der Waals surface area (Å²) in [6, 6.07) is 12.9. The van der Waals surface area contributed by atoms with Gasteiger partial charge in [-0.2, -0.15) is 5.10 Å². The van der Waals surface area contributed by atoms with Gasteiger partial charge in [0.2, 0.25) is 17.9 Å². The number of ether oxygens (including phenoxy) is 2. The lowest BCUT2D eigenvalue weighted by molar-refractivity contribution is -0.113. The molecule has 0 saturated carbocycles. The van der Waals surface area contributed by atoms with Gasteiger partial charge in [0.25, 0.3) is 5.95 Å². The van der Waals surface area contributed by atoms with E-state index in [-0.39, 0.29) is 24.4 Å². The van der Waals surface area contributed by atoms with Crippen molar-refractivity contribution < 1.29 is 14.3 Å². The van der Waals surface area contributed by atoms with Crippen LogP contribution in [0.2, 0.25) is 0 Å². The van der Waals surface area contributed by atoms with Gasteiger partial charge in [0.05, 0.1) is 17.2 Å². The van der Waals surface area contributed by atoms with Crippen molar-refractivity contribution in [2.75, 3.05) is 29.1 Å².